The molecule has 0 aromatic rings. The molecule has 0 spiro atoms. The van der Waals surface area contributed by atoms with Gasteiger partial charge in [-0.15, -0.1) is 0 Å². The summed E-state index contributed by atoms with van der Waals surface area (Å²) in [6, 6.07) is -1.27. The number of unbranched alkanes of at least 4 members (excludes halogenated alkanes) is 2. The Morgan fingerprint density at radius 2 is 1.61 bits per heavy atom. The third-order valence-corrected chi connectivity index (χ3v) is 6.12. The SMILES string of the molecule is CCCCOP(=O)(OCCCC)C(NC(=O)CC[C@H](N)C(=O)O)C(=O)NCC(=O)OC. The third-order valence-electron chi connectivity index (χ3n) is 4.03. The van der Waals surface area contributed by atoms with Gasteiger partial charge >= 0.3 is 19.5 Å². The maximum Gasteiger partial charge on any atom is 0.362 e. The van der Waals surface area contributed by atoms with Gasteiger partial charge in [0.05, 0.1) is 20.3 Å². The topological polar surface area (TPSA) is 183 Å². The molecule has 0 aliphatic rings. The van der Waals surface area contributed by atoms with Crippen LogP contribution in [0.4, 0.5) is 0 Å². The van der Waals surface area contributed by atoms with Gasteiger partial charge in [0, 0.05) is 6.42 Å². The fourth-order valence-electron chi connectivity index (χ4n) is 2.11. The Morgan fingerprint density at radius 3 is 2.06 bits per heavy atom. The molecule has 0 radical (unpaired) electrons. The molecule has 0 bridgehead atoms. The zero-order chi connectivity index (χ0) is 23.9. The number of hydrogen-bond donors (Lipinski definition) is 4. The Balaban J connectivity index is 5.54. The van der Waals surface area contributed by atoms with Crippen LogP contribution in [0.15, 0.2) is 0 Å². The highest BCUT2D eigenvalue weighted by atomic mass is 31.2. The molecule has 13 heteroatoms. The summed E-state index contributed by atoms with van der Waals surface area (Å²) in [7, 11) is -3.05. The van der Waals surface area contributed by atoms with E-state index in [0.717, 1.165) is 20.0 Å². The summed E-state index contributed by atoms with van der Waals surface area (Å²) in [4.78, 5) is 47.2. The molecule has 0 fully saturated rings. The lowest BCUT2D eigenvalue weighted by Crippen LogP contribution is -2.48. The van der Waals surface area contributed by atoms with Crippen molar-refractivity contribution in [2.45, 2.75) is 64.2 Å². The van der Waals surface area contributed by atoms with Crippen molar-refractivity contribution in [1.29, 1.82) is 0 Å². The van der Waals surface area contributed by atoms with Crippen LogP contribution in [0.5, 0.6) is 0 Å². The minimum absolute atomic E-state index is 0.0282. The maximum absolute atomic E-state index is 13.4. The molecule has 5 N–H and O–H groups in total. The van der Waals surface area contributed by atoms with Crippen molar-refractivity contribution in [2.75, 3.05) is 26.9 Å². The van der Waals surface area contributed by atoms with E-state index in [4.69, 9.17) is 19.9 Å². The average molecular weight is 467 g/mol. The largest absolute Gasteiger partial charge is 0.480 e. The van der Waals surface area contributed by atoms with Gasteiger partial charge in [0.1, 0.15) is 12.6 Å². The summed E-state index contributed by atoms with van der Waals surface area (Å²) in [5.74, 6) is -5.50. The molecule has 0 aromatic carbocycles. The standard InChI is InChI=1S/C18H34N3O9P/c1-4-6-10-29-31(27,30-11-7-5-2)17(16(24)20-12-15(23)28-3)21-14(22)9-8-13(19)18(25)26/h13,17H,4-12,19H2,1-3H3,(H,20,24)(H,21,22)(H,25,26)/t13-,17?/m0/s1. The molecule has 0 saturated heterocycles. The lowest BCUT2D eigenvalue weighted by molar-refractivity contribution is -0.141. The number of ether oxygens (including phenoxy) is 1. The highest BCUT2D eigenvalue weighted by molar-refractivity contribution is 7.55. The number of amides is 2. The first kappa shape index (κ1) is 29.0. The van der Waals surface area contributed by atoms with E-state index in [0.29, 0.717) is 12.8 Å². The molecule has 0 aliphatic carbocycles. The number of esters is 1. The molecule has 2 amide bonds. The Bertz CT molecular complexity index is 631. The summed E-state index contributed by atoms with van der Waals surface area (Å²) < 4.78 is 28.7. The van der Waals surface area contributed by atoms with Crippen molar-refractivity contribution >= 4 is 31.3 Å². The van der Waals surface area contributed by atoms with Gasteiger partial charge < -0.3 is 35.3 Å². The molecular formula is C18H34N3O9P. The second-order valence-electron chi connectivity index (χ2n) is 6.66. The Labute approximate surface area is 182 Å². The van der Waals surface area contributed by atoms with Crippen LogP contribution in [0.2, 0.25) is 0 Å². The van der Waals surface area contributed by atoms with Crippen LogP contribution in [0.1, 0.15) is 52.4 Å². The van der Waals surface area contributed by atoms with E-state index in [1.807, 2.05) is 13.8 Å². The molecule has 0 aliphatic heterocycles. The van der Waals surface area contributed by atoms with Crippen LogP contribution in [0, 0.1) is 0 Å². The first-order valence-corrected chi connectivity index (χ1v) is 11.7. The number of rotatable bonds is 17. The lowest BCUT2D eigenvalue weighted by atomic mass is 10.1. The number of carbonyl (C=O) groups is 4. The van der Waals surface area contributed by atoms with Gasteiger partial charge in [-0.25, -0.2) is 0 Å². The highest BCUT2D eigenvalue weighted by Gasteiger charge is 2.43. The first-order chi connectivity index (χ1) is 14.6. The smallest absolute Gasteiger partial charge is 0.362 e. The van der Waals surface area contributed by atoms with Crippen LogP contribution in [0.25, 0.3) is 0 Å². The summed E-state index contributed by atoms with van der Waals surface area (Å²) >= 11 is 0. The van der Waals surface area contributed by atoms with Gasteiger partial charge in [-0.2, -0.15) is 0 Å². The van der Waals surface area contributed by atoms with Crippen molar-refractivity contribution in [3.63, 3.8) is 0 Å². The lowest BCUT2D eigenvalue weighted by Gasteiger charge is -2.27. The zero-order valence-corrected chi connectivity index (χ0v) is 19.2. The normalized spacial score (nSPS) is 13.2. The number of nitrogens with one attached hydrogen (secondary N) is 2. The van der Waals surface area contributed by atoms with E-state index in [2.05, 4.69) is 15.4 Å². The third kappa shape index (κ3) is 11.8. The van der Waals surface area contributed by atoms with Crippen molar-refractivity contribution < 1.29 is 42.6 Å². The van der Waals surface area contributed by atoms with E-state index < -0.39 is 49.7 Å². The molecule has 0 rings (SSSR count). The van der Waals surface area contributed by atoms with Crippen molar-refractivity contribution in [3.8, 4) is 0 Å². The molecule has 31 heavy (non-hydrogen) atoms. The van der Waals surface area contributed by atoms with Gasteiger partial charge in [-0.3, -0.25) is 23.7 Å². The second-order valence-corrected chi connectivity index (χ2v) is 8.77. The van der Waals surface area contributed by atoms with Gasteiger partial charge in [0.2, 0.25) is 11.7 Å². The zero-order valence-electron chi connectivity index (χ0n) is 18.3. The molecule has 2 atom stereocenters. The van der Waals surface area contributed by atoms with Crippen LogP contribution in [-0.2, 0) is 37.5 Å². The predicted molar refractivity (Wildman–Crippen MR) is 111 cm³/mol. The molecule has 0 saturated carbocycles. The number of carboxylic acids is 1. The summed E-state index contributed by atoms with van der Waals surface area (Å²) in [5.41, 5.74) is 5.39. The van der Waals surface area contributed by atoms with Crippen molar-refractivity contribution in [2.24, 2.45) is 5.73 Å². The van der Waals surface area contributed by atoms with Gasteiger partial charge in [0.15, 0.2) is 0 Å². The van der Waals surface area contributed by atoms with Crippen molar-refractivity contribution in [1.82, 2.24) is 10.6 Å². The van der Waals surface area contributed by atoms with Gasteiger partial charge in [0.25, 0.3) is 5.91 Å². The van der Waals surface area contributed by atoms with E-state index >= 15 is 0 Å². The quantitative estimate of drug-likeness (QED) is 0.135. The van der Waals surface area contributed by atoms with Crippen LogP contribution in [0.3, 0.4) is 0 Å². The fourth-order valence-corrected chi connectivity index (χ4v) is 3.93. The minimum Gasteiger partial charge on any atom is -0.480 e. The molecular weight excluding hydrogens is 433 g/mol. The number of methoxy groups -OCH3 is 1. The summed E-state index contributed by atoms with van der Waals surface area (Å²) in [5, 5.41) is 13.3. The van der Waals surface area contributed by atoms with Crippen molar-refractivity contribution in [3.05, 3.63) is 0 Å². The average Bonchev–Trinajstić information content (AvgIpc) is 2.73. The number of hydrogen-bond acceptors (Lipinski definition) is 9. The van der Waals surface area contributed by atoms with Crippen LogP contribution < -0.4 is 16.4 Å². The monoisotopic (exact) mass is 467 g/mol. The molecule has 0 aromatic heterocycles. The Kier molecular flexibility index (Phi) is 14.7. The predicted octanol–water partition coefficient (Wildman–Crippen LogP) is 0.737. The highest BCUT2D eigenvalue weighted by Crippen LogP contribution is 2.52. The summed E-state index contributed by atoms with van der Waals surface area (Å²) in [6.07, 6.45) is 2.01. The Morgan fingerprint density at radius 1 is 1.06 bits per heavy atom. The van der Waals surface area contributed by atoms with E-state index in [1.54, 1.807) is 0 Å². The first-order valence-electron chi connectivity index (χ1n) is 10.1. The van der Waals surface area contributed by atoms with Gasteiger partial charge in [-0.1, -0.05) is 26.7 Å². The molecule has 180 valence electrons. The maximum atomic E-state index is 13.4. The number of carbonyl (C=O) groups excluding carboxylic acids is 3. The number of nitrogens with two attached hydrogens (primary N) is 1. The molecule has 0 heterocycles. The van der Waals surface area contributed by atoms with Crippen LogP contribution in [-0.4, -0.2) is 67.6 Å². The van der Waals surface area contributed by atoms with Crippen LogP contribution >= 0.6 is 7.60 Å². The molecule has 12 nitrogen and oxygen atoms in total. The minimum atomic E-state index is -4.18. The van der Waals surface area contributed by atoms with Gasteiger partial charge in [-0.05, 0) is 19.3 Å². The number of carboxylic acid groups (broad SMARTS) is 1. The second kappa shape index (κ2) is 15.7. The fraction of sp³-hybridized carbons (Fsp3) is 0.778. The summed E-state index contributed by atoms with van der Waals surface area (Å²) in [6.45, 7) is 3.32. The number of aliphatic carboxylic acids is 1. The van der Waals surface area contributed by atoms with E-state index in [-0.39, 0.29) is 26.1 Å². The van der Waals surface area contributed by atoms with E-state index in [1.165, 1.54) is 0 Å². The Hall–Kier alpha value is -2.01. The molecule has 1 unspecified atom stereocenters. The van der Waals surface area contributed by atoms with E-state index in [9.17, 15) is 23.7 Å².